The summed E-state index contributed by atoms with van der Waals surface area (Å²) in [5.74, 6) is 0.934. The molecule has 98 valence electrons. The third-order valence-corrected chi connectivity index (χ3v) is 3.58. The van der Waals surface area contributed by atoms with Crippen LogP contribution in [0.15, 0.2) is 23.7 Å². The third-order valence-electron chi connectivity index (χ3n) is 2.82. The summed E-state index contributed by atoms with van der Waals surface area (Å²) in [6.07, 6.45) is 1.77. The predicted octanol–water partition coefficient (Wildman–Crippen LogP) is 2.33. The first-order chi connectivity index (χ1) is 9.13. The Kier molecular flexibility index (Phi) is 2.83. The molecule has 7 heteroatoms. The molecule has 0 aliphatic heterocycles. The molecule has 3 rings (SSSR count). The number of hydrogen-bond acceptors (Lipinski definition) is 5. The number of nitrogens with zero attached hydrogens (tertiary/aromatic N) is 5. The van der Waals surface area contributed by atoms with Crippen LogP contribution in [0.25, 0.3) is 11.4 Å². The van der Waals surface area contributed by atoms with Gasteiger partial charge in [0.2, 0.25) is 0 Å². The normalized spacial score (nSPS) is 10.9. The first-order valence-electron chi connectivity index (χ1n) is 5.85. The van der Waals surface area contributed by atoms with Crippen molar-refractivity contribution < 1.29 is 0 Å². The van der Waals surface area contributed by atoms with E-state index in [1.165, 1.54) is 0 Å². The van der Waals surface area contributed by atoms with Gasteiger partial charge in [-0.25, -0.2) is 4.98 Å². The highest BCUT2D eigenvalue weighted by Crippen LogP contribution is 2.26. The molecule has 0 aromatic carbocycles. The van der Waals surface area contributed by atoms with E-state index in [1.807, 2.05) is 43.2 Å². The van der Waals surface area contributed by atoms with E-state index in [-0.39, 0.29) is 0 Å². The van der Waals surface area contributed by atoms with Crippen LogP contribution in [0.2, 0.25) is 0 Å². The van der Waals surface area contributed by atoms with Crippen molar-refractivity contribution in [3.05, 3.63) is 29.4 Å². The highest BCUT2D eigenvalue weighted by Gasteiger charge is 2.09. The fourth-order valence-electron chi connectivity index (χ4n) is 1.91. The van der Waals surface area contributed by atoms with Crippen LogP contribution in [0.3, 0.4) is 0 Å². The maximum absolute atomic E-state index is 4.56. The topological polar surface area (TPSA) is 60.6 Å². The van der Waals surface area contributed by atoms with Gasteiger partial charge in [0, 0.05) is 31.7 Å². The number of thiazole rings is 1. The van der Waals surface area contributed by atoms with E-state index in [0.717, 1.165) is 28.0 Å². The number of aryl methyl sites for hydroxylation is 3. The SMILES string of the molecule is Cc1cc(Nc2nc(-c3ccnn3C)cs2)n(C)n1. The molecule has 0 radical (unpaired) electrons. The second-order valence-corrected chi connectivity index (χ2v) is 5.16. The number of nitrogens with one attached hydrogen (secondary N) is 1. The Morgan fingerprint density at radius 2 is 2.11 bits per heavy atom. The summed E-state index contributed by atoms with van der Waals surface area (Å²) in [7, 11) is 3.82. The van der Waals surface area contributed by atoms with Gasteiger partial charge in [0.1, 0.15) is 11.5 Å². The molecule has 0 fully saturated rings. The van der Waals surface area contributed by atoms with E-state index in [4.69, 9.17) is 0 Å². The van der Waals surface area contributed by atoms with Gasteiger partial charge in [-0.05, 0) is 13.0 Å². The smallest absolute Gasteiger partial charge is 0.188 e. The summed E-state index contributed by atoms with van der Waals surface area (Å²) in [6, 6.07) is 3.94. The molecule has 0 unspecified atom stereocenters. The zero-order chi connectivity index (χ0) is 13.4. The Hall–Kier alpha value is -2.15. The van der Waals surface area contributed by atoms with Crippen LogP contribution >= 0.6 is 11.3 Å². The highest BCUT2D eigenvalue weighted by atomic mass is 32.1. The summed E-state index contributed by atoms with van der Waals surface area (Å²) < 4.78 is 3.62. The molecular weight excluding hydrogens is 260 g/mol. The number of anilines is 2. The Labute approximate surface area is 114 Å². The second-order valence-electron chi connectivity index (χ2n) is 4.30. The molecule has 0 saturated carbocycles. The molecule has 3 aromatic rings. The van der Waals surface area contributed by atoms with Gasteiger partial charge in [0.05, 0.1) is 11.4 Å². The largest absolute Gasteiger partial charge is 0.316 e. The van der Waals surface area contributed by atoms with Gasteiger partial charge in [-0.2, -0.15) is 10.2 Å². The van der Waals surface area contributed by atoms with Gasteiger partial charge in [0.15, 0.2) is 5.13 Å². The quantitative estimate of drug-likeness (QED) is 0.796. The van der Waals surface area contributed by atoms with Crippen molar-refractivity contribution >= 4 is 22.3 Å². The predicted molar refractivity (Wildman–Crippen MR) is 75.5 cm³/mol. The number of hydrogen-bond donors (Lipinski definition) is 1. The molecule has 3 heterocycles. The van der Waals surface area contributed by atoms with Gasteiger partial charge in [-0.3, -0.25) is 9.36 Å². The summed E-state index contributed by atoms with van der Waals surface area (Å²) >= 11 is 1.56. The molecule has 0 atom stereocenters. The van der Waals surface area contributed by atoms with Crippen molar-refractivity contribution in [1.82, 2.24) is 24.5 Å². The Morgan fingerprint density at radius 1 is 1.26 bits per heavy atom. The summed E-state index contributed by atoms with van der Waals surface area (Å²) in [5.41, 5.74) is 2.91. The molecule has 0 aliphatic carbocycles. The molecule has 1 N–H and O–H groups in total. The first kappa shape index (κ1) is 11.9. The zero-order valence-electron chi connectivity index (χ0n) is 11.0. The van der Waals surface area contributed by atoms with E-state index in [9.17, 15) is 0 Å². The average molecular weight is 274 g/mol. The van der Waals surface area contributed by atoms with Crippen LogP contribution < -0.4 is 5.32 Å². The molecule has 3 aromatic heterocycles. The van der Waals surface area contributed by atoms with E-state index in [1.54, 1.807) is 22.2 Å². The minimum absolute atomic E-state index is 0.846. The van der Waals surface area contributed by atoms with Gasteiger partial charge in [0.25, 0.3) is 0 Å². The number of aromatic nitrogens is 5. The molecule has 0 saturated heterocycles. The van der Waals surface area contributed by atoms with E-state index >= 15 is 0 Å². The fourth-order valence-corrected chi connectivity index (χ4v) is 2.62. The van der Waals surface area contributed by atoms with Crippen molar-refractivity contribution in [3.63, 3.8) is 0 Å². The van der Waals surface area contributed by atoms with Crippen molar-refractivity contribution in [2.24, 2.45) is 14.1 Å². The summed E-state index contributed by atoms with van der Waals surface area (Å²) in [6.45, 7) is 1.97. The lowest BCUT2D eigenvalue weighted by molar-refractivity contribution is 0.764. The van der Waals surface area contributed by atoms with Crippen LogP contribution in [-0.4, -0.2) is 24.5 Å². The number of rotatable bonds is 3. The van der Waals surface area contributed by atoms with Crippen LogP contribution in [0.1, 0.15) is 5.69 Å². The molecule has 19 heavy (non-hydrogen) atoms. The molecule has 0 amide bonds. The second kappa shape index (κ2) is 4.51. The van der Waals surface area contributed by atoms with E-state index < -0.39 is 0 Å². The molecule has 0 aliphatic rings. The lowest BCUT2D eigenvalue weighted by Crippen LogP contribution is -1.99. The van der Waals surface area contributed by atoms with Crippen molar-refractivity contribution in [2.45, 2.75) is 6.92 Å². The maximum Gasteiger partial charge on any atom is 0.188 e. The van der Waals surface area contributed by atoms with Crippen LogP contribution in [0, 0.1) is 6.92 Å². The Bertz CT molecular complexity index is 707. The van der Waals surface area contributed by atoms with Crippen LogP contribution in [0.4, 0.5) is 10.9 Å². The molecule has 6 nitrogen and oxygen atoms in total. The lowest BCUT2D eigenvalue weighted by atomic mass is 10.3. The average Bonchev–Trinajstić information content (AvgIpc) is 3.02. The van der Waals surface area contributed by atoms with Crippen LogP contribution in [-0.2, 0) is 14.1 Å². The summed E-state index contributed by atoms with van der Waals surface area (Å²) in [4.78, 5) is 4.56. The standard InChI is InChI=1S/C12H14N6S/c1-8-6-11(18(3)16-8)15-12-14-9(7-19-12)10-4-5-13-17(10)2/h4-7H,1-3H3,(H,14,15). The maximum atomic E-state index is 4.56. The first-order valence-corrected chi connectivity index (χ1v) is 6.73. The van der Waals surface area contributed by atoms with Gasteiger partial charge >= 0.3 is 0 Å². The Morgan fingerprint density at radius 3 is 2.74 bits per heavy atom. The highest BCUT2D eigenvalue weighted by molar-refractivity contribution is 7.14. The molecular formula is C12H14N6S. The van der Waals surface area contributed by atoms with Gasteiger partial charge < -0.3 is 5.32 Å². The molecule has 0 bridgehead atoms. The Balaban J connectivity index is 1.86. The third kappa shape index (κ3) is 2.24. The minimum Gasteiger partial charge on any atom is -0.316 e. The van der Waals surface area contributed by atoms with Gasteiger partial charge in [-0.1, -0.05) is 0 Å². The van der Waals surface area contributed by atoms with Crippen molar-refractivity contribution in [2.75, 3.05) is 5.32 Å². The molecule has 0 spiro atoms. The van der Waals surface area contributed by atoms with Gasteiger partial charge in [-0.15, -0.1) is 11.3 Å². The zero-order valence-corrected chi connectivity index (χ0v) is 11.8. The van der Waals surface area contributed by atoms with E-state index in [2.05, 4.69) is 20.5 Å². The minimum atomic E-state index is 0.846. The monoisotopic (exact) mass is 274 g/mol. The van der Waals surface area contributed by atoms with Crippen molar-refractivity contribution in [3.8, 4) is 11.4 Å². The summed E-state index contributed by atoms with van der Waals surface area (Å²) in [5, 5.41) is 14.6. The van der Waals surface area contributed by atoms with Crippen molar-refractivity contribution in [1.29, 1.82) is 0 Å². The van der Waals surface area contributed by atoms with E-state index in [0.29, 0.717) is 0 Å². The fraction of sp³-hybridized carbons (Fsp3) is 0.250. The van der Waals surface area contributed by atoms with Crippen LogP contribution in [0.5, 0.6) is 0 Å². The lowest BCUT2D eigenvalue weighted by Gasteiger charge is -2.01.